The molecule has 1 aromatic heterocycles. The second kappa shape index (κ2) is 3.56. The molecule has 1 rings (SSSR count). The Balaban J connectivity index is 2.71. The molecule has 1 heterocycles. The van der Waals surface area contributed by atoms with E-state index in [0.29, 0.717) is 5.56 Å². The maximum atomic E-state index is 11.5. The lowest BCUT2D eigenvalue weighted by molar-refractivity contribution is 0.0926. The Morgan fingerprint density at radius 2 is 2.31 bits per heavy atom. The molecule has 3 nitrogen and oxygen atoms in total. The predicted molar refractivity (Wildman–Crippen MR) is 51.1 cm³/mol. The molecule has 0 bridgehead atoms. The van der Waals surface area contributed by atoms with Crippen LogP contribution in [0.25, 0.3) is 0 Å². The van der Waals surface area contributed by atoms with E-state index in [1.165, 1.54) is 6.20 Å². The number of nitrogens with one attached hydrogen (secondary N) is 1. The van der Waals surface area contributed by atoms with Gasteiger partial charge in [0.15, 0.2) is 0 Å². The minimum atomic E-state index is -0.451. The van der Waals surface area contributed by atoms with Crippen LogP contribution in [0.15, 0.2) is 24.5 Å². The number of pyridine rings is 1. The van der Waals surface area contributed by atoms with Gasteiger partial charge in [-0.15, -0.1) is 0 Å². The quantitative estimate of drug-likeness (QED) is 0.742. The highest BCUT2D eigenvalue weighted by molar-refractivity contribution is 5.94. The molecule has 1 N–H and O–H groups in total. The van der Waals surface area contributed by atoms with E-state index < -0.39 is 5.54 Å². The Kier molecular flexibility index (Phi) is 2.66. The van der Waals surface area contributed by atoms with Crippen LogP contribution in [0.1, 0.15) is 24.2 Å². The minimum Gasteiger partial charge on any atom is -0.347 e. The Bertz CT molecular complexity index is 288. The molecular formula is C10H13N2O. The van der Waals surface area contributed by atoms with Crippen molar-refractivity contribution in [3.63, 3.8) is 0 Å². The van der Waals surface area contributed by atoms with E-state index in [9.17, 15) is 4.79 Å². The van der Waals surface area contributed by atoms with Crippen molar-refractivity contribution in [3.05, 3.63) is 37.0 Å². The molecule has 69 valence electrons. The molecule has 1 radical (unpaired) electrons. The standard InChI is InChI=1S/C10H13N2O/c1-10(2,3)12-9(13)8-5-4-6-11-7-8/h4-7H,1H2,2-3H3,(H,12,13). The van der Waals surface area contributed by atoms with Crippen LogP contribution in [-0.2, 0) is 0 Å². The summed E-state index contributed by atoms with van der Waals surface area (Å²) in [6.45, 7) is 7.45. The van der Waals surface area contributed by atoms with Gasteiger partial charge in [-0.2, -0.15) is 0 Å². The molecule has 0 atom stereocenters. The first-order chi connectivity index (χ1) is 5.99. The smallest absolute Gasteiger partial charge is 0.253 e. The van der Waals surface area contributed by atoms with Gasteiger partial charge in [0.25, 0.3) is 5.91 Å². The Morgan fingerprint density at radius 3 is 2.77 bits per heavy atom. The van der Waals surface area contributed by atoms with Gasteiger partial charge in [-0.25, -0.2) is 0 Å². The predicted octanol–water partition coefficient (Wildman–Crippen LogP) is 1.42. The number of hydrogen-bond acceptors (Lipinski definition) is 2. The Morgan fingerprint density at radius 1 is 1.62 bits per heavy atom. The molecule has 0 aromatic carbocycles. The van der Waals surface area contributed by atoms with E-state index in [1.807, 2.05) is 13.8 Å². The van der Waals surface area contributed by atoms with E-state index in [0.717, 1.165) is 0 Å². The molecule has 1 aromatic rings. The van der Waals surface area contributed by atoms with Gasteiger partial charge in [0.2, 0.25) is 0 Å². The van der Waals surface area contributed by atoms with Gasteiger partial charge in [-0.3, -0.25) is 9.78 Å². The third kappa shape index (κ3) is 3.23. The van der Waals surface area contributed by atoms with Crippen LogP contribution in [0.3, 0.4) is 0 Å². The molecular weight excluding hydrogens is 164 g/mol. The molecule has 0 saturated carbocycles. The number of aromatic nitrogens is 1. The first-order valence-electron chi connectivity index (χ1n) is 4.07. The van der Waals surface area contributed by atoms with E-state index in [-0.39, 0.29) is 5.91 Å². The van der Waals surface area contributed by atoms with E-state index >= 15 is 0 Å². The lowest BCUT2D eigenvalue weighted by Crippen LogP contribution is -2.40. The van der Waals surface area contributed by atoms with Crippen LogP contribution in [-0.4, -0.2) is 16.4 Å². The molecule has 13 heavy (non-hydrogen) atoms. The zero-order valence-corrected chi connectivity index (χ0v) is 7.87. The zero-order valence-electron chi connectivity index (χ0n) is 7.87. The topological polar surface area (TPSA) is 42.0 Å². The summed E-state index contributed by atoms with van der Waals surface area (Å²) >= 11 is 0. The first kappa shape index (κ1) is 9.71. The van der Waals surface area contributed by atoms with Gasteiger partial charge < -0.3 is 5.32 Å². The Labute approximate surface area is 78.2 Å². The lowest BCUT2D eigenvalue weighted by atomic mass is 10.1. The van der Waals surface area contributed by atoms with Gasteiger partial charge in [0.1, 0.15) is 0 Å². The van der Waals surface area contributed by atoms with Gasteiger partial charge in [0, 0.05) is 17.9 Å². The van der Waals surface area contributed by atoms with E-state index in [2.05, 4.69) is 17.2 Å². The first-order valence-corrected chi connectivity index (χ1v) is 4.07. The summed E-state index contributed by atoms with van der Waals surface area (Å²) in [5.41, 5.74) is 0.103. The van der Waals surface area contributed by atoms with Crippen molar-refractivity contribution >= 4 is 5.91 Å². The van der Waals surface area contributed by atoms with Gasteiger partial charge >= 0.3 is 0 Å². The van der Waals surface area contributed by atoms with Gasteiger partial charge in [-0.1, -0.05) is 0 Å². The molecule has 0 spiro atoms. The summed E-state index contributed by atoms with van der Waals surface area (Å²) in [5, 5.41) is 2.75. The number of carbonyl (C=O) groups excluding carboxylic acids is 1. The van der Waals surface area contributed by atoms with Crippen LogP contribution in [0.2, 0.25) is 0 Å². The monoisotopic (exact) mass is 177 g/mol. The van der Waals surface area contributed by atoms with Gasteiger partial charge in [-0.05, 0) is 32.9 Å². The van der Waals surface area contributed by atoms with E-state index in [4.69, 9.17) is 0 Å². The molecule has 0 aliphatic carbocycles. The number of rotatable bonds is 2. The summed E-state index contributed by atoms with van der Waals surface area (Å²) in [5.74, 6) is -0.145. The van der Waals surface area contributed by atoms with Crippen molar-refractivity contribution < 1.29 is 4.79 Å². The van der Waals surface area contributed by atoms with Crippen LogP contribution in [0.4, 0.5) is 0 Å². The molecule has 0 unspecified atom stereocenters. The molecule has 0 saturated heterocycles. The van der Waals surface area contributed by atoms with Crippen LogP contribution in [0, 0.1) is 6.92 Å². The summed E-state index contributed by atoms with van der Waals surface area (Å²) in [6.07, 6.45) is 3.16. The highest BCUT2D eigenvalue weighted by atomic mass is 16.1. The number of hydrogen-bond donors (Lipinski definition) is 1. The van der Waals surface area contributed by atoms with Crippen molar-refractivity contribution in [1.82, 2.24) is 10.3 Å². The lowest BCUT2D eigenvalue weighted by Gasteiger charge is -2.19. The minimum absolute atomic E-state index is 0.145. The zero-order chi connectivity index (χ0) is 9.90. The third-order valence-corrected chi connectivity index (χ3v) is 1.38. The van der Waals surface area contributed by atoms with E-state index in [1.54, 1.807) is 18.3 Å². The van der Waals surface area contributed by atoms with Crippen molar-refractivity contribution in [2.45, 2.75) is 19.4 Å². The fourth-order valence-corrected chi connectivity index (χ4v) is 0.877. The third-order valence-electron chi connectivity index (χ3n) is 1.38. The summed E-state index contributed by atoms with van der Waals surface area (Å²) in [6, 6.07) is 3.44. The molecule has 1 amide bonds. The number of nitrogens with zero attached hydrogens (tertiary/aromatic N) is 1. The van der Waals surface area contributed by atoms with Gasteiger partial charge in [0.05, 0.1) is 5.56 Å². The fraction of sp³-hybridized carbons (Fsp3) is 0.300. The number of carbonyl (C=O) groups is 1. The highest BCUT2D eigenvalue weighted by Crippen LogP contribution is 2.02. The van der Waals surface area contributed by atoms with Crippen molar-refractivity contribution in [2.24, 2.45) is 0 Å². The summed E-state index contributed by atoms with van der Waals surface area (Å²) in [7, 11) is 0. The highest BCUT2D eigenvalue weighted by Gasteiger charge is 2.14. The molecule has 0 aliphatic heterocycles. The SMILES string of the molecule is [CH2]C(C)(C)NC(=O)c1cccnc1. The largest absolute Gasteiger partial charge is 0.347 e. The average Bonchev–Trinajstić information content (AvgIpc) is 2.03. The van der Waals surface area contributed by atoms with Crippen molar-refractivity contribution in [2.75, 3.05) is 0 Å². The summed E-state index contributed by atoms with van der Waals surface area (Å²) in [4.78, 5) is 15.3. The Hall–Kier alpha value is -1.38. The molecule has 0 fully saturated rings. The summed E-state index contributed by atoms with van der Waals surface area (Å²) < 4.78 is 0. The number of amides is 1. The molecule has 0 aliphatic rings. The van der Waals surface area contributed by atoms with Crippen molar-refractivity contribution in [3.8, 4) is 0 Å². The molecule has 3 heteroatoms. The maximum Gasteiger partial charge on any atom is 0.253 e. The fourth-order valence-electron chi connectivity index (χ4n) is 0.877. The maximum absolute atomic E-state index is 11.5. The normalized spacial score (nSPS) is 11.0. The van der Waals surface area contributed by atoms with Crippen LogP contribution < -0.4 is 5.32 Å². The second-order valence-electron chi connectivity index (χ2n) is 3.58. The van der Waals surface area contributed by atoms with Crippen LogP contribution in [0.5, 0.6) is 0 Å². The average molecular weight is 177 g/mol. The van der Waals surface area contributed by atoms with Crippen molar-refractivity contribution in [1.29, 1.82) is 0 Å². The van der Waals surface area contributed by atoms with Crippen LogP contribution >= 0.6 is 0 Å². The second-order valence-corrected chi connectivity index (χ2v) is 3.58.